The number of nitrogens with one attached hydrogen (secondary N) is 1. The Labute approximate surface area is 274 Å². The summed E-state index contributed by atoms with van der Waals surface area (Å²) in [6, 6.07) is 9.63. The van der Waals surface area contributed by atoms with Gasteiger partial charge in [0.2, 0.25) is 11.9 Å². The maximum Gasteiger partial charge on any atom is 0.425 e. The molecule has 0 radical (unpaired) electrons. The molecule has 0 aliphatic carbocycles. The zero-order valence-electron chi connectivity index (χ0n) is 23.9. The molecule has 0 amide bonds. The molecule has 0 spiro atoms. The number of aromatic nitrogens is 3. The first kappa shape index (κ1) is 39.3. The molecule has 0 aliphatic rings. The number of anilines is 3. The Morgan fingerprint density at radius 2 is 1.55 bits per heavy atom. The van der Waals surface area contributed by atoms with Crippen LogP contribution in [0, 0.1) is 10.1 Å². The smallest absolute Gasteiger partial charge is 0.343 e. The van der Waals surface area contributed by atoms with Gasteiger partial charge in [0.05, 0.1) is 26.2 Å². The first-order chi connectivity index (χ1) is 21.6. The zero-order chi connectivity index (χ0) is 35.6. The third kappa shape index (κ3) is 14.6. The van der Waals surface area contributed by atoms with Gasteiger partial charge in [-0.3, -0.25) is 23.8 Å². The molecule has 0 atom stereocenters. The van der Waals surface area contributed by atoms with Crippen LogP contribution in [0.3, 0.4) is 0 Å². The Hall–Kier alpha value is -3.85. The molecular weight excluding hydrogens is 733 g/mol. The summed E-state index contributed by atoms with van der Waals surface area (Å²) in [5, 5.41) is 14.5. The topological polar surface area (TPSA) is 311 Å². The van der Waals surface area contributed by atoms with Gasteiger partial charge in [0.1, 0.15) is 5.82 Å². The van der Waals surface area contributed by atoms with Crippen LogP contribution in [0.15, 0.2) is 52.3 Å². The minimum atomic E-state index is -4.60. The molecule has 0 saturated heterocycles. The standard InChI is InChI=1S/C22H26N6O11S4.O3S/c1-27(9-12-42(34,35)36)22-25-20(13-15-5-2-3-6-19(15)43(37,38)39)24-21(26-22)23-16-7-8-18(17(14-16)28(29)30)40-10-4-11-41(31,32)33;1-4(2)3/h2-3,5-8,14H,4,9-13H2,1H3,(H,31,32,33)(H,34,35,36)(H,37,38,39)(H,23,24,25,26);. The fourth-order valence-corrected chi connectivity index (χ4v) is 6.42. The quantitative estimate of drug-likeness (QED) is 0.0553. The lowest BCUT2D eigenvalue weighted by molar-refractivity contribution is -0.387. The molecule has 0 bridgehead atoms. The van der Waals surface area contributed by atoms with Gasteiger partial charge in [-0.1, -0.05) is 18.2 Å². The van der Waals surface area contributed by atoms with Crippen LogP contribution in [0.25, 0.3) is 0 Å². The van der Waals surface area contributed by atoms with E-state index in [0.717, 1.165) is 11.8 Å². The van der Waals surface area contributed by atoms with E-state index in [1.807, 2.05) is 0 Å². The van der Waals surface area contributed by atoms with Crippen molar-refractivity contribution in [1.29, 1.82) is 0 Å². The second-order valence-electron chi connectivity index (χ2n) is 9.10. The first-order valence-corrected chi connectivity index (χ1v) is 19.2. The molecule has 0 aliphatic heterocycles. The minimum absolute atomic E-state index is 0.0113. The van der Waals surface area contributed by atoms with E-state index in [1.165, 1.54) is 54.4 Å². The summed E-state index contributed by atoms with van der Waals surface area (Å²) in [4.78, 5) is 24.9. The second-order valence-corrected chi connectivity index (χ2v) is 15.2. The normalized spacial score (nSPS) is 11.7. The fraction of sp³-hybridized carbons (Fsp3) is 0.318. The lowest BCUT2D eigenvalue weighted by atomic mass is 10.1. The van der Waals surface area contributed by atoms with Crippen molar-refractivity contribution in [3.8, 4) is 0 Å². The van der Waals surface area contributed by atoms with Gasteiger partial charge in [-0.05, 0) is 35.9 Å². The molecule has 3 aromatic rings. The van der Waals surface area contributed by atoms with Gasteiger partial charge < -0.3 is 10.2 Å². The van der Waals surface area contributed by atoms with Gasteiger partial charge >= 0.3 is 10.6 Å². The number of thioether (sulfide) groups is 1. The summed E-state index contributed by atoms with van der Waals surface area (Å²) >= 11 is 1.02. The first-order valence-electron chi connectivity index (χ1n) is 12.5. The van der Waals surface area contributed by atoms with E-state index >= 15 is 0 Å². The van der Waals surface area contributed by atoms with E-state index in [4.69, 9.17) is 21.7 Å². The molecule has 0 fully saturated rings. The van der Waals surface area contributed by atoms with Crippen molar-refractivity contribution < 1.29 is 56.5 Å². The van der Waals surface area contributed by atoms with Gasteiger partial charge in [-0.25, -0.2) is 0 Å². The van der Waals surface area contributed by atoms with Crippen molar-refractivity contribution in [2.75, 3.05) is 41.1 Å². The Morgan fingerprint density at radius 1 is 0.936 bits per heavy atom. The van der Waals surface area contributed by atoms with Crippen LogP contribution in [-0.2, 0) is 47.4 Å². The lowest BCUT2D eigenvalue weighted by Crippen LogP contribution is -2.27. The predicted octanol–water partition coefficient (Wildman–Crippen LogP) is 1.05. The van der Waals surface area contributed by atoms with E-state index < -0.39 is 57.4 Å². The molecule has 0 saturated carbocycles. The minimum Gasteiger partial charge on any atom is -0.343 e. The summed E-state index contributed by atoms with van der Waals surface area (Å²) < 4.78 is 121. The van der Waals surface area contributed by atoms with E-state index in [9.17, 15) is 39.9 Å². The van der Waals surface area contributed by atoms with E-state index in [1.54, 1.807) is 0 Å². The molecule has 47 heavy (non-hydrogen) atoms. The molecule has 2 aromatic carbocycles. The Kier molecular flexibility index (Phi) is 14.1. The summed E-state index contributed by atoms with van der Waals surface area (Å²) in [6.45, 7) is -0.238. The van der Waals surface area contributed by atoms with Crippen LogP contribution in [-0.4, -0.2) is 102 Å². The van der Waals surface area contributed by atoms with Crippen LogP contribution in [0.5, 0.6) is 0 Å². The molecule has 20 nitrogen and oxygen atoms in total. The van der Waals surface area contributed by atoms with E-state index in [2.05, 4.69) is 20.3 Å². The Balaban J connectivity index is 0.00000181. The number of hydrogen-bond donors (Lipinski definition) is 4. The lowest BCUT2D eigenvalue weighted by Gasteiger charge is -2.18. The summed E-state index contributed by atoms with van der Waals surface area (Å²) in [6.07, 6.45) is -0.158. The Morgan fingerprint density at radius 3 is 2.13 bits per heavy atom. The monoisotopic (exact) mass is 758 g/mol. The van der Waals surface area contributed by atoms with Crippen LogP contribution in [0.2, 0.25) is 0 Å². The van der Waals surface area contributed by atoms with E-state index in [0.29, 0.717) is 0 Å². The second kappa shape index (κ2) is 16.8. The average Bonchev–Trinajstić information content (AvgIpc) is 2.93. The van der Waals surface area contributed by atoms with Crippen molar-refractivity contribution in [1.82, 2.24) is 15.0 Å². The van der Waals surface area contributed by atoms with E-state index in [-0.39, 0.29) is 69.6 Å². The molecular formula is C22H26N6O14S5. The molecule has 3 rings (SSSR count). The third-order valence-electron chi connectivity index (χ3n) is 5.51. The van der Waals surface area contributed by atoms with Gasteiger partial charge in [0.25, 0.3) is 36.0 Å². The van der Waals surface area contributed by atoms with Gasteiger partial charge in [-0.2, -0.15) is 40.2 Å². The van der Waals surface area contributed by atoms with Crippen molar-refractivity contribution in [3.63, 3.8) is 0 Å². The fourth-order valence-electron chi connectivity index (χ4n) is 3.55. The summed E-state index contributed by atoms with van der Waals surface area (Å²) in [5.74, 6) is -1.22. The van der Waals surface area contributed by atoms with Crippen molar-refractivity contribution in [2.24, 2.45) is 0 Å². The predicted molar refractivity (Wildman–Crippen MR) is 166 cm³/mol. The van der Waals surface area contributed by atoms with Crippen molar-refractivity contribution in [2.45, 2.75) is 22.6 Å². The van der Waals surface area contributed by atoms with Gasteiger partial charge in [-0.15, -0.1) is 24.4 Å². The highest BCUT2D eigenvalue weighted by molar-refractivity contribution is 7.99. The number of nitrogens with zero attached hydrogens (tertiary/aromatic N) is 5. The largest absolute Gasteiger partial charge is 0.425 e. The van der Waals surface area contributed by atoms with Crippen molar-refractivity contribution >= 4 is 76.0 Å². The molecule has 4 N–H and O–H groups in total. The van der Waals surface area contributed by atoms with Gasteiger partial charge in [0.15, 0.2) is 0 Å². The van der Waals surface area contributed by atoms with Crippen LogP contribution < -0.4 is 10.2 Å². The summed E-state index contributed by atoms with van der Waals surface area (Å²) in [7, 11) is -14.8. The average molecular weight is 759 g/mol. The number of benzene rings is 2. The highest BCUT2D eigenvalue weighted by Crippen LogP contribution is 2.33. The number of nitro groups is 1. The zero-order valence-corrected chi connectivity index (χ0v) is 28.0. The highest BCUT2D eigenvalue weighted by atomic mass is 32.2. The number of nitro benzene ring substituents is 1. The number of hydrogen-bond acceptors (Lipinski definition) is 17. The third-order valence-corrected chi connectivity index (χ3v) is 9.12. The Bertz CT molecular complexity index is 2040. The SMILES string of the molecule is CN(CCS(=O)(=O)O)c1nc(Cc2ccccc2S(=O)(=O)O)nc(Nc2ccc(SCCCS(=O)(=O)O)c([N+](=O)[O-])c2)n1.O=S(=O)=O. The molecule has 258 valence electrons. The number of rotatable bonds is 15. The molecule has 1 aromatic heterocycles. The molecule has 0 unspecified atom stereocenters. The summed E-state index contributed by atoms with van der Waals surface area (Å²) in [5.41, 5.74) is -0.0144. The maximum absolute atomic E-state index is 11.9. The highest BCUT2D eigenvalue weighted by Gasteiger charge is 2.20. The van der Waals surface area contributed by atoms with Crippen LogP contribution in [0.1, 0.15) is 17.8 Å². The van der Waals surface area contributed by atoms with Crippen molar-refractivity contribution in [3.05, 3.63) is 64.0 Å². The van der Waals surface area contributed by atoms with Crippen LogP contribution >= 0.6 is 11.8 Å². The molecule has 1 heterocycles. The maximum atomic E-state index is 11.9. The van der Waals surface area contributed by atoms with Gasteiger partial charge in [0, 0.05) is 31.8 Å². The van der Waals surface area contributed by atoms with Crippen LogP contribution in [0.4, 0.5) is 23.3 Å². The molecule has 25 heteroatoms.